The number of hydrogen-bond donors (Lipinski definition) is 0. The molecule has 158 valence electrons. The summed E-state index contributed by atoms with van der Waals surface area (Å²) in [5.74, 6) is 0.422. The lowest BCUT2D eigenvalue weighted by Gasteiger charge is -2.37. The van der Waals surface area contributed by atoms with Crippen molar-refractivity contribution in [2.75, 3.05) is 0 Å². The highest BCUT2D eigenvalue weighted by Gasteiger charge is 2.33. The van der Waals surface area contributed by atoms with Gasteiger partial charge in [0.2, 0.25) is 6.43 Å². The molecule has 0 nitrogen and oxygen atoms in total. The Morgan fingerprint density at radius 1 is 0.893 bits per heavy atom. The van der Waals surface area contributed by atoms with Crippen molar-refractivity contribution in [3.8, 4) is 0 Å². The zero-order chi connectivity index (χ0) is 20.1. The van der Waals surface area contributed by atoms with E-state index in [1.807, 2.05) is 0 Å². The summed E-state index contributed by atoms with van der Waals surface area (Å²) in [5, 5.41) is 0. The van der Waals surface area contributed by atoms with Crippen molar-refractivity contribution in [1.29, 1.82) is 0 Å². The monoisotopic (exact) mass is 434 g/mol. The first-order valence-electron chi connectivity index (χ1n) is 10.8. The highest BCUT2D eigenvalue weighted by molar-refractivity contribution is 6.63. The van der Waals surface area contributed by atoms with Crippen molar-refractivity contribution in [1.82, 2.24) is 0 Å². The molecular weight excluding hydrogens is 403 g/mol. The molecule has 0 aromatic heterocycles. The second-order valence-corrected chi connectivity index (χ2v) is 15.9. The third kappa shape index (κ3) is 6.15. The molecule has 0 N–H and O–H groups in total. The van der Waals surface area contributed by atoms with E-state index in [-0.39, 0.29) is 6.42 Å². The topological polar surface area (TPSA) is 0 Å². The molecule has 2 aliphatic rings. The van der Waals surface area contributed by atoms with Crippen LogP contribution in [0.2, 0.25) is 35.8 Å². The fourth-order valence-electron chi connectivity index (χ4n) is 5.38. The molecule has 0 saturated carbocycles. The second-order valence-electron chi connectivity index (χ2n) is 8.83. The van der Waals surface area contributed by atoms with Crippen LogP contribution in [0.15, 0.2) is 24.3 Å². The standard InChI is InChI=1S/C21H31F5Si2/c22-20(23)2-1-11-27-12-9-19(10-13-27)28-14-7-17(8-15-28)16-3-5-18(6-4-16)21(24,25)26/h3-6,17,19-20,27-28H,1-2,7-15H2/t17-,19-,27-,28-. The summed E-state index contributed by atoms with van der Waals surface area (Å²) in [7, 11) is -1.52. The van der Waals surface area contributed by atoms with Crippen molar-refractivity contribution in [3.05, 3.63) is 35.4 Å². The van der Waals surface area contributed by atoms with Crippen LogP contribution in [-0.2, 0) is 6.18 Å². The van der Waals surface area contributed by atoms with Gasteiger partial charge < -0.3 is 0 Å². The Bertz CT molecular complexity index is 586. The Labute approximate surface area is 168 Å². The number of halogens is 5. The molecule has 0 atom stereocenters. The largest absolute Gasteiger partial charge is 0.416 e. The predicted molar refractivity (Wildman–Crippen MR) is 110 cm³/mol. The molecule has 0 spiro atoms. The van der Waals surface area contributed by atoms with Gasteiger partial charge in [-0.1, -0.05) is 61.6 Å². The van der Waals surface area contributed by atoms with E-state index in [9.17, 15) is 22.0 Å². The molecule has 0 bridgehead atoms. The molecule has 0 amide bonds. The molecule has 7 heteroatoms. The van der Waals surface area contributed by atoms with Gasteiger partial charge in [-0.05, 0) is 42.0 Å². The highest BCUT2D eigenvalue weighted by atomic mass is 28.3. The Morgan fingerprint density at radius 3 is 2.04 bits per heavy atom. The first-order valence-corrected chi connectivity index (χ1v) is 15.5. The minimum absolute atomic E-state index is 0.0790. The fourth-order valence-corrected chi connectivity index (χ4v) is 13.8. The number of hydrogen-bond acceptors (Lipinski definition) is 0. The smallest absolute Gasteiger partial charge is 0.211 e. The molecule has 1 aromatic carbocycles. The molecule has 2 saturated heterocycles. The summed E-state index contributed by atoms with van der Waals surface area (Å²) in [6.45, 7) is 0. The molecule has 2 aliphatic heterocycles. The van der Waals surface area contributed by atoms with Crippen LogP contribution in [0.5, 0.6) is 0 Å². The lowest BCUT2D eigenvalue weighted by atomic mass is 9.93. The zero-order valence-corrected chi connectivity index (χ0v) is 18.7. The van der Waals surface area contributed by atoms with E-state index in [2.05, 4.69) is 0 Å². The summed E-state index contributed by atoms with van der Waals surface area (Å²) < 4.78 is 62.8. The average Bonchev–Trinajstić information content (AvgIpc) is 2.68. The normalized spacial score (nSPS) is 29.2. The minimum atomic E-state index is -4.26. The summed E-state index contributed by atoms with van der Waals surface area (Å²) in [6.07, 6.45) is -0.657. The predicted octanol–water partition coefficient (Wildman–Crippen LogP) is 7.25. The first kappa shape index (κ1) is 22.0. The van der Waals surface area contributed by atoms with Gasteiger partial charge >= 0.3 is 6.18 Å². The minimum Gasteiger partial charge on any atom is -0.211 e. The maximum absolute atomic E-state index is 12.7. The van der Waals surface area contributed by atoms with Crippen LogP contribution in [0.4, 0.5) is 22.0 Å². The molecular formula is C21H31F5Si2. The molecule has 0 aliphatic carbocycles. The van der Waals surface area contributed by atoms with Crippen LogP contribution in [-0.4, -0.2) is 24.0 Å². The summed E-state index contributed by atoms with van der Waals surface area (Å²) >= 11 is 0. The Morgan fingerprint density at radius 2 is 1.50 bits per heavy atom. The first-order chi connectivity index (χ1) is 13.3. The van der Waals surface area contributed by atoms with Crippen molar-refractivity contribution >= 4 is 17.6 Å². The van der Waals surface area contributed by atoms with Crippen molar-refractivity contribution < 1.29 is 22.0 Å². The average molecular weight is 435 g/mol. The fraction of sp³-hybridized carbons (Fsp3) is 0.714. The molecule has 2 heterocycles. The maximum Gasteiger partial charge on any atom is 0.416 e. The maximum atomic E-state index is 12.7. The van der Waals surface area contributed by atoms with Crippen LogP contribution in [0.1, 0.15) is 55.6 Å². The van der Waals surface area contributed by atoms with Gasteiger partial charge in [0.15, 0.2) is 0 Å². The highest BCUT2D eigenvalue weighted by Crippen LogP contribution is 2.43. The third-order valence-corrected chi connectivity index (χ3v) is 14.7. The molecule has 28 heavy (non-hydrogen) atoms. The van der Waals surface area contributed by atoms with E-state index in [4.69, 9.17) is 0 Å². The van der Waals surface area contributed by atoms with Gasteiger partial charge in [0.05, 0.1) is 5.56 Å². The lowest BCUT2D eigenvalue weighted by Crippen LogP contribution is -2.30. The van der Waals surface area contributed by atoms with E-state index in [0.29, 0.717) is 5.92 Å². The van der Waals surface area contributed by atoms with Crippen LogP contribution >= 0.6 is 0 Å². The van der Waals surface area contributed by atoms with Crippen LogP contribution in [0.3, 0.4) is 0 Å². The molecule has 3 rings (SSSR count). The summed E-state index contributed by atoms with van der Waals surface area (Å²) in [4.78, 5) is 0. The van der Waals surface area contributed by atoms with E-state index in [1.54, 1.807) is 12.1 Å². The number of alkyl halides is 5. The molecule has 1 aromatic rings. The Hall–Kier alpha value is -0.696. The molecule has 0 unspecified atom stereocenters. The SMILES string of the molecule is FC(F)CCC[Si@H]1CC[C@H]([Si@H]2CC[C@H](c3ccc(C(F)(F)F)cc3)CC2)CC1. The van der Waals surface area contributed by atoms with Gasteiger partial charge in [0, 0.05) is 24.0 Å². The van der Waals surface area contributed by atoms with Gasteiger partial charge in [-0.25, -0.2) is 8.78 Å². The van der Waals surface area contributed by atoms with Gasteiger partial charge in [-0.15, -0.1) is 0 Å². The zero-order valence-electron chi connectivity index (χ0n) is 16.4. The lowest BCUT2D eigenvalue weighted by molar-refractivity contribution is -0.137. The quantitative estimate of drug-likeness (QED) is 0.327. The Balaban J connectivity index is 1.41. The molecule has 0 radical (unpaired) electrons. The van der Waals surface area contributed by atoms with Crippen LogP contribution < -0.4 is 0 Å². The van der Waals surface area contributed by atoms with E-state index in [1.165, 1.54) is 49.2 Å². The number of benzene rings is 1. The van der Waals surface area contributed by atoms with Crippen LogP contribution in [0, 0.1) is 0 Å². The van der Waals surface area contributed by atoms with Gasteiger partial charge in [-0.2, -0.15) is 13.2 Å². The molecule has 2 fully saturated rings. The van der Waals surface area contributed by atoms with Gasteiger partial charge in [0.1, 0.15) is 0 Å². The number of rotatable bonds is 6. The summed E-state index contributed by atoms with van der Waals surface area (Å²) in [5.41, 5.74) is 1.43. The van der Waals surface area contributed by atoms with E-state index >= 15 is 0 Å². The van der Waals surface area contributed by atoms with E-state index < -0.39 is 35.8 Å². The van der Waals surface area contributed by atoms with Crippen LogP contribution in [0.25, 0.3) is 0 Å². The van der Waals surface area contributed by atoms with Gasteiger partial charge in [-0.3, -0.25) is 0 Å². The van der Waals surface area contributed by atoms with Gasteiger partial charge in [0.25, 0.3) is 0 Å². The summed E-state index contributed by atoms with van der Waals surface area (Å²) in [6, 6.07) is 12.2. The van der Waals surface area contributed by atoms with Crippen molar-refractivity contribution in [2.24, 2.45) is 0 Å². The Kier molecular flexibility index (Phi) is 7.76. The third-order valence-electron chi connectivity index (χ3n) is 7.07. The van der Waals surface area contributed by atoms with Crippen molar-refractivity contribution in [3.63, 3.8) is 0 Å². The van der Waals surface area contributed by atoms with E-state index in [0.717, 1.165) is 36.4 Å². The van der Waals surface area contributed by atoms with Crippen molar-refractivity contribution in [2.45, 2.75) is 92.8 Å². The second kappa shape index (κ2) is 9.87.